The largest absolute Gasteiger partial charge is 0.412 e. The Morgan fingerprint density at radius 2 is 0.720 bits per heavy atom. The summed E-state index contributed by atoms with van der Waals surface area (Å²) < 4.78 is 0. The van der Waals surface area contributed by atoms with Gasteiger partial charge in [0, 0.05) is 67.7 Å². The minimum atomic E-state index is -0.724. The van der Waals surface area contributed by atoms with E-state index in [2.05, 4.69) is 19.4 Å². The third-order valence-electron chi connectivity index (χ3n) is 1.39. The van der Waals surface area contributed by atoms with Crippen molar-refractivity contribution >= 4 is 53.4 Å². The van der Waals surface area contributed by atoms with Crippen LogP contribution in [0.15, 0.2) is 0 Å². The normalized spacial score (nSPS) is 8.08. The van der Waals surface area contributed by atoms with E-state index in [4.69, 9.17) is 0 Å². The summed E-state index contributed by atoms with van der Waals surface area (Å²) in [4.78, 5) is 61.4. The van der Waals surface area contributed by atoms with Gasteiger partial charge in [0.15, 0.2) is 0 Å². The van der Waals surface area contributed by atoms with E-state index in [1.165, 1.54) is 0 Å². The first kappa shape index (κ1) is 38.9. The van der Waals surface area contributed by atoms with Crippen LogP contribution in [0.2, 0.25) is 0 Å². The van der Waals surface area contributed by atoms with Crippen molar-refractivity contribution < 1.29 is 60.4 Å². The van der Waals surface area contributed by atoms with Crippen molar-refractivity contribution in [2.24, 2.45) is 0 Å². The van der Waals surface area contributed by atoms with E-state index in [0.717, 1.165) is 27.7 Å². The van der Waals surface area contributed by atoms with Crippen LogP contribution in [0, 0.1) is 0 Å². The second-order valence-corrected chi connectivity index (χ2v) is 3.44. The molecule has 0 amide bonds. The van der Waals surface area contributed by atoms with Crippen LogP contribution >= 0.6 is 0 Å². The van der Waals surface area contributed by atoms with Crippen molar-refractivity contribution in [3.8, 4) is 0 Å². The summed E-state index contributed by atoms with van der Waals surface area (Å²) in [5.41, 5.74) is 0. The van der Waals surface area contributed by atoms with Crippen LogP contribution in [-0.4, -0.2) is 98.9 Å². The second kappa shape index (κ2) is 20.7. The van der Waals surface area contributed by atoms with Crippen molar-refractivity contribution in [2.45, 2.75) is 27.7 Å². The van der Waals surface area contributed by atoms with Crippen molar-refractivity contribution in [3.05, 3.63) is 0 Å². The van der Waals surface area contributed by atoms with E-state index < -0.39 is 23.9 Å². The molecule has 0 aromatic heterocycles. The van der Waals surface area contributed by atoms with E-state index in [1.807, 2.05) is 0 Å². The van der Waals surface area contributed by atoms with Gasteiger partial charge < -0.3 is 41.3 Å². The van der Waals surface area contributed by atoms with Crippen LogP contribution in [0.5, 0.6) is 0 Å². The first-order chi connectivity index (χ1) is 9.20. The number of carbonyl (C=O) groups is 4. The molecule has 8 N–H and O–H groups in total. The molecule has 0 aromatic carbocycles. The smallest absolute Gasteiger partial charge is 0.326 e. The van der Waals surface area contributed by atoms with Crippen molar-refractivity contribution in [1.29, 1.82) is 0 Å². The van der Waals surface area contributed by atoms with E-state index in [-0.39, 0.29) is 64.6 Å². The molecule has 0 spiro atoms. The van der Waals surface area contributed by atoms with E-state index >= 15 is 0 Å². The molecule has 0 rings (SSSR count). The third-order valence-corrected chi connectivity index (χ3v) is 1.39. The van der Waals surface area contributed by atoms with Crippen LogP contribution in [0.1, 0.15) is 27.7 Å². The molecule has 0 aromatic rings. The van der Waals surface area contributed by atoms with Crippen LogP contribution < -0.4 is 0 Å². The third kappa shape index (κ3) is 25.0. The van der Waals surface area contributed by atoms with Gasteiger partial charge in [-0.25, -0.2) is 0 Å². The number of carbonyl (C=O) groups excluding carboxylic acids is 4. The molecular weight excluding hydrogens is 363 g/mol. The van der Waals surface area contributed by atoms with Crippen LogP contribution in [0.3, 0.4) is 0 Å². The molecule has 0 aliphatic carbocycles. The average Bonchev–Trinajstić information content (AvgIpc) is 2.22. The molecule has 147 valence electrons. The zero-order valence-electron chi connectivity index (χ0n) is 14.6. The van der Waals surface area contributed by atoms with Crippen LogP contribution in [0.25, 0.3) is 0 Å². The van der Waals surface area contributed by atoms with Gasteiger partial charge in [-0.1, -0.05) is 0 Å². The first-order valence-electron chi connectivity index (χ1n) is 5.50. The molecule has 0 saturated carbocycles. The predicted molar refractivity (Wildman–Crippen MR) is 80.7 cm³/mol. The summed E-state index contributed by atoms with van der Waals surface area (Å²) in [5.74, 6) is -2.90. The Balaban J connectivity index is -0.000000180. The maximum Gasteiger partial charge on any atom is 0.326 e. The molecule has 0 bridgehead atoms. The summed E-state index contributed by atoms with van der Waals surface area (Å²) >= 11 is 0. The molecule has 15 heteroatoms. The van der Waals surface area contributed by atoms with Crippen LogP contribution in [0.4, 0.5) is 0 Å². The fourth-order valence-corrected chi connectivity index (χ4v) is 0.957. The number of hydroxylamine groups is 4. The van der Waals surface area contributed by atoms with Gasteiger partial charge in [-0.15, -0.1) is 0 Å². The zero-order chi connectivity index (χ0) is 15.7. The van der Waals surface area contributed by atoms with Crippen LogP contribution in [-0.2, 0) is 38.5 Å². The monoisotopic (exact) mass is 387 g/mol. The molecule has 0 unspecified atom stereocenters. The first-order valence-corrected chi connectivity index (χ1v) is 5.50. The van der Waals surface area contributed by atoms with Gasteiger partial charge in [0.2, 0.25) is 0 Å². The Bertz CT molecular complexity index is 326. The molecule has 0 heterocycles. The fourth-order valence-electron chi connectivity index (χ4n) is 0.957. The summed E-state index contributed by atoms with van der Waals surface area (Å²) in [7, 11) is 0. The maximum absolute atomic E-state index is 10.8. The topological polar surface area (TPSA) is 238 Å². The number of hydrogen-bond acceptors (Lipinski definition) is 10. The van der Waals surface area contributed by atoms with Crippen molar-refractivity contribution in [2.75, 3.05) is 13.1 Å². The quantitative estimate of drug-likeness (QED) is 0.301. The average molecular weight is 387 g/mol. The molecule has 14 nitrogen and oxygen atoms in total. The molecule has 0 aliphatic heterocycles. The zero-order valence-corrected chi connectivity index (χ0v) is 16.6. The van der Waals surface area contributed by atoms with Gasteiger partial charge in [0.25, 0.3) is 0 Å². The standard InChI is InChI=1S/C10H16N2O8.Na.4H2O/c1-7(13)17-11(18-8(2)14)5-6-12(19-9(3)15)20-10(4)16;;;;;/h5-6H2,1-4H3;;4*1H2. The molecule has 0 aliphatic rings. The van der Waals surface area contributed by atoms with Crippen molar-refractivity contribution in [1.82, 2.24) is 10.5 Å². The minimum Gasteiger partial charge on any atom is -0.412 e. The number of nitrogens with zero attached hydrogens (tertiary/aromatic N) is 2. The summed E-state index contributed by atoms with van der Waals surface area (Å²) in [5, 5.41) is 1.15. The minimum absolute atomic E-state index is 0. The Kier molecular flexibility index (Phi) is 32.2. The van der Waals surface area contributed by atoms with Gasteiger partial charge in [0.05, 0.1) is 13.1 Å². The van der Waals surface area contributed by atoms with Gasteiger partial charge in [-0.05, 0) is 0 Å². The number of rotatable bonds is 7. The van der Waals surface area contributed by atoms with Gasteiger partial charge >= 0.3 is 23.9 Å². The van der Waals surface area contributed by atoms with E-state index in [1.54, 1.807) is 0 Å². The Labute approximate surface area is 165 Å². The van der Waals surface area contributed by atoms with Gasteiger partial charge in [-0.3, -0.25) is 19.2 Å². The molecular formula is C10H24N2NaO12. The molecule has 0 saturated heterocycles. The molecule has 0 atom stereocenters. The van der Waals surface area contributed by atoms with E-state index in [9.17, 15) is 19.2 Å². The van der Waals surface area contributed by atoms with E-state index in [0.29, 0.717) is 10.5 Å². The second-order valence-electron chi connectivity index (χ2n) is 3.44. The Morgan fingerprint density at radius 3 is 0.840 bits per heavy atom. The summed E-state index contributed by atoms with van der Waals surface area (Å²) in [6, 6.07) is 0. The molecule has 0 fully saturated rings. The Hall–Kier alpha value is -1.36. The van der Waals surface area contributed by atoms with Gasteiger partial charge in [-0.2, -0.15) is 0 Å². The molecule has 1 radical (unpaired) electrons. The SMILES string of the molecule is CC(=O)ON(CCN(OC(C)=O)OC(C)=O)OC(C)=O.O.O.O.O.[Na]. The Morgan fingerprint density at radius 1 is 0.560 bits per heavy atom. The maximum atomic E-state index is 10.8. The summed E-state index contributed by atoms with van der Waals surface area (Å²) in [6.45, 7) is 3.97. The number of hydrogen-bond donors (Lipinski definition) is 0. The van der Waals surface area contributed by atoms with Gasteiger partial charge in [0.1, 0.15) is 0 Å². The van der Waals surface area contributed by atoms with Crippen molar-refractivity contribution in [3.63, 3.8) is 0 Å². The predicted octanol–water partition coefficient (Wildman–Crippen LogP) is -4.18. The molecule has 25 heavy (non-hydrogen) atoms. The fraction of sp³-hybridized carbons (Fsp3) is 0.600. The summed E-state index contributed by atoms with van der Waals surface area (Å²) in [6.07, 6.45) is 0.